The molecular weight excluding hydrogens is 496 g/mol. The van der Waals surface area contributed by atoms with Gasteiger partial charge in [0.05, 0.1) is 17.2 Å². The molecular formula is C33H40N6O. The fraction of sp³-hybridized carbons (Fsp3) is 0.515. The van der Waals surface area contributed by atoms with Gasteiger partial charge in [-0.05, 0) is 93.0 Å². The molecule has 1 aromatic carbocycles. The largest absolute Gasteiger partial charge is 0.393 e. The number of allylic oxidation sites excluding steroid dienone is 3. The summed E-state index contributed by atoms with van der Waals surface area (Å²) in [6.45, 7) is 9.10. The van der Waals surface area contributed by atoms with Crippen molar-refractivity contribution in [2.24, 2.45) is 33.7 Å². The van der Waals surface area contributed by atoms with Crippen molar-refractivity contribution in [1.29, 1.82) is 0 Å². The van der Waals surface area contributed by atoms with Crippen LogP contribution in [0.3, 0.4) is 0 Å². The SMILES string of the molecule is CC(=NNc1nc(-c2ccccc2)nc2n[nH]c(C)c12)C1=CC[C@H]2[C@@H]3CC=C4C[C@@H](O)CC[C@]4(C)[C@H]3CC[C@]12C. The van der Waals surface area contributed by atoms with Gasteiger partial charge in [-0.15, -0.1) is 0 Å². The number of fused-ring (bicyclic) bond motifs is 6. The molecule has 208 valence electrons. The molecule has 0 radical (unpaired) electrons. The van der Waals surface area contributed by atoms with Gasteiger partial charge in [0, 0.05) is 11.3 Å². The minimum absolute atomic E-state index is 0.133. The number of hydrogen-bond donors (Lipinski definition) is 3. The third kappa shape index (κ3) is 3.88. The Kier molecular flexibility index (Phi) is 6.00. The van der Waals surface area contributed by atoms with Gasteiger partial charge in [-0.2, -0.15) is 10.2 Å². The highest BCUT2D eigenvalue weighted by Crippen LogP contribution is 2.65. The number of rotatable bonds is 4. The van der Waals surface area contributed by atoms with Crippen LogP contribution in [0, 0.1) is 35.5 Å². The maximum Gasteiger partial charge on any atom is 0.187 e. The van der Waals surface area contributed by atoms with Gasteiger partial charge in [0.2, 0.25) is 0 Å². The van der Waals surface area contributed by atoms with Crippen molar-refractivity contribution < 1.29 is 5.11 Å². The van der Waals surface area contributed by atoms with Crippen LogP contribution in [0.1, 0.15) is 71.4 Å². The van der Waals surface area contributed by atoms with E-state index in [1.54, 1.807) is 0 Å². The lowest BCUT2D eigenvalue weighted by atomic mass is 9.47. The number of H-pyrrole nitrogens is 1. The van der Waals surface area contributed by atoms with Crippen molar-refractivity contribution in [3.8, 4) is 11.4 Å². The lowest BCUT2D eigenvalue weighted by Crippen LogP contribution is -2.50. The van der Waals surface area contributed by atoms with Crippen LogP contribution in [-0.2, 0) is 0 Å². The topological polar surface area (TPSA) is 99.1 Å². The van der Waals surface area contributed by atoms with Gasteiger partial charge in [-0.25, -0.2) is 9.97 Å². The number of aromatic nitrogens is 4. The molecule has 0 saturated heterocycles. The number of hydrazone groups is 1. The van der Waals surface area contributed by atoms with Crippen LogP contribution >= 0.6 is 0 Å². The molecule has 3 aromatic rings. The van der Waals surface area contributed by atoms with Crippen molar-refractivity contribution >= 4 is 22.6 Å². The van der Waals surface area contributed by atoms with Crippen LogP contribution < -0.4 is 5.43 Å². The molecule has 2 aromatic heterocycles. The van der Waals surface area contributed by atoms with Crippen LogP contribution in [0.2, 0.25) is 0 Å². The zero-order valence-electron chi connectivity index (χ0n) is 24.0. The first-order valence-electron chi connectivity index (χ1n) is 14.9. The zero-order chi connectivity index (χ0) is 27.6. The number of hydrogen-bond acceptors (Lipinski definition) is 6. The van der Waals surface area contributed by atoms with Crippen LogP contribution in [0.25, 0.3) is 22.4 Å². The van der Waals surface area contributed by atoms with E-state index in [-0.39, 0.29) is 16.9 Å². The number of aliphatic hydroxyl groups excluding tert-OH is 1. The second-order valence-corrected chi connectivity index (χ2v) is 13.1. The Morgan fingerprint density at radius 1 is 1.02 bits per heavy atom. The molecule has 40 heavy (non-hydrogen) atoms. The van der Waals surface area contributed by atoms with E-state index in [9.17, 15) is 5.11 Å². The summed E-state index contributed by atoms with van der Waals surface area (Å²) < 4.78 is 0. The molecule has 0 unspecified atom stereocenters. The average Bonchev–Trinajstić information content (AvgIpc) is 3.52. The monoisotopic (exact) mass is 536 g/mol. The van der Waals surface area contributed by atoms with Crippen LogP contribution in [-0.4, -0.2) is 37.1 Å². The second-order valence-electron chi connectivity index (χ2n) is 13.1. The molecule has 3 N–H and O–H groups in total. The van der Waals surface area contributed by atoms with Crippen molar-refractivity contribution in [3.05, 3.63) is 59.3 Å². The van der Waals surface area contributed by atoms with E-state index in [4.69, 9.17) is 15.1 Å². The second kappa shape index (κ2) is 9.37. The Balaban J connectivity index is 1.16. The summed E-state index contributed by atoms with van der Waals surface area (Å²) in [4.78, 5) is 9.58. The van der Waals surface area contributed by atoms with Gasteiger partial charge < -0.3 is 5.11 Å². The summed E-state index contributed by atoms with van der Waals surface area (Å²) >= 11 is 0. The highest BCUT2D eigenvalue weighted by molar-refractivity contribution is 6.01. The minimum atomic E-state index is -0.151. The summed E-state index contributed by atoms with van der Waals surface area (Å²) in [5.74, 6) is 3.36. The third-order valence-corrected chi connectivity index (χ3v) is 11.0. The predicted octanol–water partition coefficient (Wildman–Crippen LogP) is 6.98. The molecule has 2 saturated carbocycles. The highest BCUT2D eigenvalue weighted by Gasteiger charge is 2.56. The molecule has 2 fully saturated rings. The maximum atomic E-state index is 10.3. The highest BCUT2D eigenvalue weighted by atomic mass is 16.3. The van der Waals surface area contributed by atoms with Gasteiger partial charge in [-0.1, -0.05) is 61.9 Å². The van der Waals surface area contributed by atoms with Gasteiger partial charge in [0.15, 0.2) is 17.3 Å². The number of aromatic amines is 1. The summed E-state index contributed by atoms with van der Waals surface area (Å²) in [7, 11) is 0. The molecule has 6 atom stereocenters. The number of nitrogens with zero attached hydrogens (tertiary/aromatic N) is 4. The van der Waals surface area contributed by atoms with Gasteiger partial charge in [-0.3, -0.25) is 10.5 Å². The Morgan fingerprint density at radius 3 is 2.65 bits per heavy atom. The lowest BCUT2D eigenvalue weighted by Gasteiger charge is -2.57. The fourth-order valence-electron chi connectivity index (χ4n) is 8.83. The molecule has 0 amide bonds. The number of benzene rings is 1. The van der Waals surface area contributed by atoms with Crippen molar-refractivity contribution in [3.63, 3.8) is 0 Å². The van der Waals surface area contributed by atoms with E-state index < -0.39 is 0 Å². The molecule has 4 aliphatic carbocycles. The van der Waals surface area contributed by atoms with Crippen LogP contribution in [0.15, 0.2) is 58.7 Å². The molecule has 4 aliphatic rings. The number of anilines is 1. The Hall–Kier alpha value is -3.32. The van der Waals surface area contributed by atoms with Gasteiger partial charge in [0.1, 0.15) is 0 Å². The lowest BCUT2D eigenvalue weighted by molar-refractivity contribution is -0.0279. The third-order valence-electron chi connectivity index (χ3n) is 11.0. The van der Waals surface area contributed by atoms with E-state index >= 15 is 0 Å². The normalized spacial score (nSPS) is 33.6. The van der Waals surface area contributed by atoms with E-state index in [2.05, 4.69) is 48.5 Å². The summed E-state index contributed by atoms with van der Waals surface area (Å²) in [5, 5.41) is 23.6. The maximum absolute atomic E-state index is 10.3. The minimum Gasteiger partial charge on any atom is -0.393 e. The summed E-state index contributed by atoms with van der Waals surface area (Å²) in [6, 6.07) is 10.0. The van der Waals surface area contributed by atoms with E-state index in [1.165, 1.54) is 24.0 Å². The Morgan fingerprint density at radius 2 is 1.82 bits per heavy atom. The van der Waals surface area contributed by atoms with E-state index in [0.717, 1.165) is 60.4 Å². The molecule has 7 heteroatoms. The Bertz CT molecular complexity index is 1550. The molecule has 0 spiro atoms. The van der Waals surface area contributed by atoms with Crippen LogP contribution in [0.5, 0.6) is 0 Å². The average molecular weight is 537 g/mol. The molecule has 7 rings (SSSR count). The first kappa shape index (κ1) is 25.6. The van der Waals surface area contributed by atoms with Gasteiger partial charge >= 0.3 is 0 Å². The molecule has 0 aliphatic heterocycles. The van der Waals surface area contributed by atoms with E-state index in [0.29, 0.717) is 29.1 Å². The standard InChI is InChI=1S/C33H40N6O/c1-19(36-38-30-28-20(2)37-39-31(28)35-29(34-30)21-8-6-5-7-9-21)25-12-13-26-24-11-10-22-18-23(40)14-16-32(22,3)27(24)15-17-33(25,26)4/h5-10,12,23-24,26-27,40H,11,13-18H2,1-4H3,(H2,34,35,37,38,39)/t23-,24-,26-,27-,32-,33+/m0/s1. The van der Waals surface area contributed by atoms with E-state index in [1.807, 2.05) is 37.3 Å². The number of aryl methyl sites for hydroxylation is 1. The molecule has 0 bridgehead atoms. The smallest absolute Gasteiger partial charge is 0.187 e. The molecule has 2 heterocycles. The van der Waals surface area contributed by atoms with Crippen molar-refractivity contribution in [2.45, 2.75) is 78.7 Å². The van der Waals surface area contributed by atoms with Crippen LogP contribution in [0.4, 0.5) is 5.82 Å². The summed E-state index contributed by atoms with van der Waals surface area (Å²) in [6.07, 6.45) is 12.5. The summed E-state index contributed by atoms with van der Waals surface area (Å²) in [5.41, 5.74) is 10.2. The number of nitrogens with one attached hydrogen (secondary N) is 2. The fourth-order valence-corrected chi connectivity index (χ4v) is 8.83. The molecule has 7 nitrogen and oxygen atoms in total. The van der Waals surface area contributed by atoms with Crippen molar-refractivity contribution in [2.75, 3.05) is 5.43 Å². The van der Waals surface area contributed by atoms with Crippen molar-refractivity contribution in [1.82, 2.24) is 20.2 Å². The first-order chi connectivity index (χ1) is 19.3. The predicted molar refractivity (Wildman–Crippen MR) is 160 cm³/mol. The number of aliphatic hydroxyl groups is 1. The Labute approximate surface area is 236 Å². The first-order valence-corrected chi connectivity index (χ1v) is 14.9. The zero-order valence-corrected chi connectivity index (χ0v) is 24.0. The quantitative estimate of drug-likeness (QED) is 0.190. The van der Waals surface area contributed by atoms with Gasteiger partial charge in [0.25, 0.3) is 0 Å².